The molecule has 7 heteroatoms. The number of ether oxygens (including phenoxy) is 1. The van der Waals surface area contributed by atoms with Gasteiger partial charge in [-0.1, -0.05) is 0 Å². The van der Waals surface area contributed by atoms with E-state index in [4.69, 9.17) is 4.74 Å². The molecule has 1 heterocycles. The van der Waals surface area contributed by atoms with Crippen molar-refractivity contribution in [1.29, 1.82) is 0 Å². The van der Waals surface area contributed by atoms with Gasteiger partial charge in [0.15, 0.2) is 6.61 Å². The number of thiazole rings is 1. The van der Waals surface area contributed by atoms with Crippen LogP contribution < -0.4 is 10.2 Å². The van der Waals surface area contributed by atoms with E-state index in [9.17, 15) is 9.59 Å². The quantitative estimate of drug-likeness (QED) is 0.852. The van der Waals surface area contributed by atoms with Gasteiger partial charge >= 0.3 is 5.97 Å². The summed E-state index contributed by atoms with van der Waals surface area (Å²) in [5.74, 6) is -0.902. The van der Waals surface area contributed by atoms with Crippen LogP contribution in [-0.2, 0) is 9.53 Å². The first-order chi connectivity index (χ1) is 10.9. The zero-order valence-corrected chi connectivity index (χ0v) is 14.4. The lowest BCUT2D eigenvalue weighted by molar-refractivity contribution is -0.119. The molecule has 23 heavy (non-hydrogen) atoms. The van der Waals surface area contributed by atoms with E-state index in [2.05, 4.69) is 10.3 Å². The van der Waals surface area contributed by atoms with Crippen molar-refractivity contribution in [3.8, 4) is 0 Å². The molecule has 0 saturated carbocycles. The van der Waals surface area contributed by atoms with E-state index in [1.54, 1.807) is 19.1 Å². The summed E-state index contributed by atoms with van der Waals surface area (Å²) >= 11 is 1.26. The van der Waals surface area contributed by atoms with Gasteiger partial charge in [0.05, 0.1) is 10.7 Å². The number of anilines is 2. The van der Waals surface area contributed by atoms with Crippen molar-refractivity contribution in [3.63, 3.8) is 0 Å². The summed E-state index contributed by atoms with van der Waals surface area (Å²) in [6.07, 6.45) is 0. The van der Waals surface area contributed by atoms with Crippen LogP contribution in [0.1, 0.15) is 20.4 Å². The second-order valence-electron chi connectivity index (χ2n) is 5.21. The molecule has 122 valence electrons. The maximum atomic E-state index is 11.9. The molecule has 0 bridgehead atoms. The van der Waals surface area contributed by atoms with Gasteiger partial charge in [-0.2, -0.15) is 0 Å². The molecule has 0 radical (unpaired) electrons. The predicted octanol–water partition coefficient (Wildman–Crippen LogP) is 2.62. The van der Waals surface area contributed by atoms with Gasteiger partial charge in [0.1, 0.15) is 4.88 Å². The molecule has 0 unspecified atom stereocenters. The molecule has 0 atom stereocenters. The Hall–Kier alpha value is -2.41. The highest BCUT2D eigenvalue weighted by Gasteiger charge is 2.16. The first-order valence-corrected chi connectivity index (χ1v) is 7.87. The highest BCUT2D eigenvalue weighted by molar-refractivity contribution is 7.13. The van der Waals surface area contributed by atoms with Crippen LogP contribution in [0.15, 0.2) is 24.3 Å². The fourth-order valence-electron chi connectivity index (χ4n) is 1.96. The van der Waals surface area contributed by atoms with Crippen molar-refractivity contribution in [2.45, 2.75) is 13.8 Å². The van der Waals surface area contributed by atoms with Crippen LogP contribution in [0, 0.1) is 13.8 Å². The molecule has 1 N–H and O–H groups in total. The van der Waals surface area contributed by atoms with E-state index in [-0.39, 0.29) is 12.5 Å². The van der Waals surface area contributed by atoms with E-state index in [0.717, 1.165) is 10.7 Å². The van der Waals surface area contributed by atoms with Gasteiger partial charge in [-0.15, -0.1) is 11.3 Å². The van der Waals surface area contributed by atoms with Crippen molar-refractivity contribution in [2.75, 3.05) is 30.9 Å². The summed E-state index contributed by atoms with van der Waals surface area (Å²) in [5.41, 5.74) is 2.31. The van der Waals surface area contributed by atoms with E-state index < -0.39 is 5.97 Å². The van der Waals surface area contributed by atoms with Crippen LogP contribution >= 0.6 is 11.3 Å². The third-order valence-electron chi connectivity index (χ3n) is 3.09. The number of benzene rings is 1. The normalized spacial score (nSPS) is 10.3. The number of amides is 1. The van der Waals surface area contributed by atoms with Gasteiger partial charge in [0.2, 0.25) is 0 Å². The third kappa shape index (κ3) is 4.53. The number of nitrogens with one attached hydrogen (secondary N) is 1. The smallest absolute Gasteiger partial charge is 0.350 e. The van der Waals surface area contributed by atoms with Crippen molar-refractivity contribution >= 4 is 34.6 Å². The summed E-state index contributed by atoms with van der Waals surface area (Å²) < 4.78 is 5.03. The topological polar surface area (TPSA) is 71.5 Å². The Kier molecular flexibility index (Phi) is 5.33. The van der Waals surface area contributed by atoms with Crippen molar-refractivity contribution < 1.29 is 14.3 Å². The molecule has 6 nitrogen and oxygen atoms in total. The average molecular weight is 333 g/mol. The second kappa shape index (κ2) is 7.23. The first-order valence-electron chi connectivity index (χ1n) is 7.05. The monoisotopic (exact) mass is 333 g/mol. The second-order valence-corrected chi connectivity index (χ2v) is 6.42. The number of aromatic nitrogens is 1. The van der Waals surface area contributed by atoms with E-state index >= 15 is 0 Å². The number of rotatable bonds is 5. The van der Waals surface area contributed by atoms with Gasteiger partial charge in [0.25, 0.3) is 5.91 Å². The Morgan fingerprint density at radius 1 is 1.22 bits per heavy atom. The molecule has 2 rings (SSSR count). The average Bonchev–Trinajstić information content (AvgIpc) is 2.84. The molecule has 0 saturated heterocycles. The highest BCUT2D eigenvalue weighted by Crippen LogP contribution is 2.18. The minimum absolute atomic E-state index is 0.329. The summed E-state index contributed by atoms with van der Waals surface area (Å²) in [6, 6.07) is 7.38. The molecule has 0 aliphatic rings. The van der Waals surface area contributed by atoms with Crippen LogP contribution in [0.2, 0.25) is 0 Å². The van der Waals surface area contributed by atoms with Crippen LogP contribution in [0.5, 0.6) is 0 Å². The minimum atomic E-state index is -0.522. The molecule has 1 aromatic carbocycles. The predicted molar refractivity (Wildman–Crippen MR) is 91.3 cm³/mol. The fourth-order valence-corrected chi connectivity index (χ4v) is 2.77. The first kappa shape index (κ1) is 17.0. The lowest BCUT2D eigenvalue weighted by Gasteiger charge is -2.13. The largest absolute Gasteiger partial charge is 0.451 e. The summed E-state index contributed by atoms with van der Waals surface area (Å²) in [6.45, 7) is 3.23. The molecule has 1 amide bonds. The number of carbonyl (C=O) groups excluding carboxylic acids is 2. The van der Waals surface area contributed by atoms with E-state index in [1.165, 1.54) is 11.3 Å². The highest BCUT2D eigenvalue weighted by atomic mass is 32.1. The number of hydrogen-bond donors (Lipinski definition) is 1. The summed E-state index contributed by atoms with van der Waals surface area (Å²) in [5, 5.41) is 3.48. The zero-order chi connectivity index (χ0) is 17.0. The molecular formula is C16H19N3O3S. The number of nitrogens with zero attached hydrogens (tertiary/aromatic N) is 2. The Balaban J connectivity index is 1.87. The number of carbonyl (C=O) groups is 2. The Morgan fingerprint density at radius 2 is 1.87 bits per heavy atom. The summed E-state index contributed by atoms with van der Waals surface area (Å²) in [7, 11) is 3.88. The standard InChI is InChI=1S/C16H19N3O3S/c1-10-15(23-11(2)17-10)16(21)22-9-14(20)18-12-5-7-13(8-6-12)19(3)4/h5-8H,9H2,1-4H3,(H,18,20). The van der Waals surface area contributed by atoms with Gasteiger partial charge in [-0.3, -0.25) is 4.79 Å². The van der Waals surface area contributed by atoms with Crippen LogP contribution in [0.25, 0.3) is 0 Å². The Bertz CT molecular complexity index is 708. The maximum Gasteiger partial charge on any atom is 0.350 e. The lowest BCUT2D eigenvalue weighted by Crippen LogP contribution is -2.21. The SMILES string of the molecule is Cc1nc(C)c(C(=O)OCC(=O)Nc2ccc(N(C)C)cc2)s1. The van der Waals surface area contributed by atoms with Crippen LogP contribution in [0.3, 0.4) is 0 Å². The molecular weight excluding hydrogens is 314 g/mol. The van der Waals surface area contributed by atoms with Gasteiger partial charge in [0, 0.05) is 25.5 Å². The minimum Gasteiger partial charge on any atom is -0.451 e. The Morgan fingerprint density at radius 3 is 2.39 bits per heavy atom. The Labute approximate surface area is 139 Å². The molecule has 2 aromatic rings. The fraction of sp³-hybridized carbons (Fsp3) is 0.312. The molecule has 0 spiro atoms. The van der Waals surface area contributed by atoms with Gasteiger partial charge in [-0.25, -0.2) is 9.78 Å². The molecule has 0 aliphatic heterocycles. The summed E-state index contributed by atoms with van der Waals surface area (Å²) in [4.78, 5) is 30.3. The molecule has 0 fully saturated rings. The zero-order valence-electron chi connectivity index (χ0n) is 13.5. The maximum absolute atomic E-state index is 11.9. The number of esters is 1. The van der Waals surface area contributed by atoms with Crippen molar-refractivity contribution in [3.05, 3.63) is 39.8 Å². The number of hydrogen-bond acceptors (Lipinski definition) is 6. The van der Waals surface area contributed by atoms with Crippen LogP contribution in [-0.4, -0.2) is 37.6 Å². The van der Waals surface area contributed by atoms with Crippen LogP contribution in [0.4, 0.5) is 11.4 Å². The van der Waals surface area contributed by atoms with Crippen molar-refractivity contribution in [1.82, 2.24) is 4.98 Å². The third-order valence-corrected chi connectivity index (χ3v) is 4.14. The van der Waals surface area contributed by atoms with Crippen molar-refractivity contribution in [2.24, 2.45) is 0 Å². The lowest BCUT2D eigenvalue weighted by atomic mass is 10.2. The van der Waals surface area contributed by atoms with E-state index in [1.807, 2.05) is 38.1 Å². The van der Waals surface area contributed by atoms with Gasteiger partial charge in [-0.05, 0) is 38.1 Å². The molecule has 1 aromatic heterocycles. The van der Waals surface area contributed by atoms with E-state index in [0.29, 0.717) is 16.3 Å². The molecule has 0 aliphatic carbocycles. The van der Waals surface area contributed by atoms with Gasteiger partial charge < -0.3 is 15.0 Å². The number of aryl methyl sites for hydroxylation is 2.